The first-order valence-corrected chi connectivity index (χ1v) is 12.1. The lowest BCUT2D eigenvalue weighted by Gasteiger charge is -2.20. The summed E-state index contributed by atoms with van der Waals surface area (Å²) in [5, 5.41) is 6.79. The molecule has 38 heavy (non-hydrogen) atoms. The van der Waals surface area contributed by atoms with Crippen molar-refractivity contribution in [2.75, 3.05) is 37.9 Å². The number of hydrogen-bond donors (Lipinski definition) is 2. The van der Waals surface area contributed by atoms with Gasteiger partial charge in [0.1, 0.15) is 23.4 Å². The number of pyridine rings is 1. The summed E-state index contributed by atoms with van der Waals surface area (Å²) in [5.74, 6) is 0.458. The molecule has 1 unspecified atom stereocenters. The molecule has 4 aromatic rings. The normalized spacial score (nSPS) is 15.3. The van der Waals surface area contributed by atoms with Gasteiger partial charge in [-0.25, -0.2) is 14.4 Å². The number of aromatic nitrogens is 3. The summed E-state index contributed by atoms with van der Waals surface area (Å²) in [6.07, 6.45) is 6.49. The van der Waals surface area contributed by atoms with Crippen molar-refractivity contribution in [3.8, 4) is 22.6 Å². The minimum atomic E-state index is -0.433. The van der Waals surface area contributed by atoms with Crippen LogP contribution in [0.15, 0.2) is 67.6 Å². The molecule has 0 radical (unpaired) electrons. The molecular formula is C28H27FN6O3. The Morgan fingerprint density at radius 3 is 2.79 bits per heavy atom. The number of nitrogens with one attached hydrogen (secondary N) is 2. The number of fused-ring (bicyclic) bond motifs is 1. The van der Waals surface area contributed by atoms with Gasteiger partial charge in [-0.2, -0.15) is 0 Å². The van der Waals surface area contributed by atoms with Gasteiger partial charge < -0.3 is 25.0 Å². The number of benzene rings is 2. The predicted molar refractivity (Wildman–Crippen MR) is 144 cm³/mol. The summed E-state index contributed by atoms with van der Waals surface area (Å²) in [5.41, 5.74) is 2.93. The average molecular weight is 515 g/mol. The van der Waals surface area contributed by atoms with Crippen LogP contribution in [0.5, 0.6) is 11.5 Å². The van der Waals surface area contributed by atoms with Gasteiger partial charge >= 0.3 is 0 Å². The van der Waals surface area contributed by atoms with Crippen molar-refractivity contribution in [2.24, 2.45) is 0 Å². The molecule has 1 aliphatic rings. The minimum Gasteiger partial charge on any atom is -0.494 e. The SMILES string of the molecule is C=CC(=O)Nc1cc(Nc2ncc3cccc(-c4cncc(F)c4)c3n2)c(OC)cc1OC1CCN(C)C1. The molecule has 1 aliphatic heterocycles. The Bertz CT molecular complexity index is 1510. The number of para-hydroxylation sites is 1. The van der Waals surface area contributed by atoms with Crippen LogP contribution in [0.25, 0.3) is 22.0 Å². The standard InChI is InChI=1S/C28H27FN6O3/c1-4-26(36)32-23-11-22(24(37-3)12-25(23)38-20-8-9-35(2)16-20)33-28-31-14-17-6-5-7-21(27(17)34-28)18-10-19(29)15-30-13-18/h4-7,10-15,20H,1,8-9,16H2,2-3H3,(H,32,36)(H,31,33,34). The Balaban J connectivity index is 1.52. The van der Waals surface area contributed by atoms with Crippen LogP contribution in [-0.4, -0.2) is 59.1 Å². The van der Waals surface area contributed by atoms with Crippen molar-refractivity contribution in [3.05, 3.63) is 73.5 Å². The van der Waals surface area contributed by atoms with Gasteiger partial charge in [-0.15, -0.1) is 0 Å². The number of hydrogen-bond acceptors (Lipinski definition) is 8. The average Bonchev–Trinajstić information content (AvgIpc) is 3.33. The zero-order valence-electron chi connectivity index (χ0n) is 21.1. The van der Waals surface area contributed by atoms with Crippen LogP contribution in [0.4, 0.5) is 21.7 Å². The van der Waals surface area contributed by atoms with Crippen molar-refractivity contribution in [2.45, 2.75) is 12.5 Å². The monoisotopic (exact) mass is 514 g/mol. The number of halogens is 1. The second-order valence-electron chi connectivity index (χ2n) is 8.99. The molecule has 2 aromatic carbocycles. The van der Waals surface area contributed by atoms with E-state index in [0.717, 1.165) is 36.7 Å². The summed E-state index contributed by atoms with van der Waals surface area (Å²) in [7, 11) is 3.59. The van der Waals surface area contributed by atoms with E-state index in [1.807, 2.05) is 25.2 Å². The zero-order chi connectivity index (χ0) is 26.6. The van der Waals surface area contributed by atoms with E-state index in [4.69, 9.17) is 14.5 Å². The van der Waals surface area contributed by atoms with Gasteiger partial charge in [0, 0.05) is 48.1 Å². The van der Waals surface area contributed by atoms with Gasteiger partial charge in [0.15, 0.2) is 0 Å². The third-order valence-corrected chi connectivity index (χ3v) is 6.26. The maximum absolute atomic E-state index is 13.9. The van der Waals surface area contributed by atoms with Gasteiger partial charge in [0.25, 0.3) is 0 Å². The lowest BCUT2D eigenvalue weighted by molar-refractivity contribution is -0.111. The predicted octanol–water partition coefficient (Wildman–Crippen LogP) is 4.79. The van der Waals surface area contributed by atoms with Crippen molar-refractivity contribution in [1.82, 2.24) is 19.9 Å². The Kier molecular flexibility index (Phi) is 7.14. The lowest BCUT2D eigenvalue weighted by Crippen LogP contribution is -2.22. The van der Waals surface area contributed by atoms with E-state index in [0.29, 0.717) is 39.9 Å². The number of methoxy groups -OCH3 is 1. The largest absolute Gasteiger partial charge is 0.494 e. The van der Waals surface area contributed by atoms with Gasteiger partial charge in [-0.3, -0.25) is 9.78 Å². The molecule has 0 bridgehead atoms. The van der Waals surface area contributed by atoms with Crippen LogP contribution in [0, 0.1) is 5.82 Å². The first-order valence-electron chi connectivity index (χ1n) is 12.1. The number of ether oxygens (including phenoxy) is 2. The third kappa shape index (κ3) is 5.40. The molecule has 1 saturated heterocycles. The van der Waals surface area contributed by atoms with Crippen LogP contribution < -0.4 is 20.1 Å². The van der Waals surface area contributed by atoms with Gasteiger partial charge in [0.05, 0.1) is 30.2 Å². The van der Waals surface area contributed by atoms with Crippen molar-refractivity contribution < 1.29 is 18.7 Å². The Labute approximate surface area is 219 Å². The lowest BCUT2D eigenvalue weighted by atomic mass is 10.0. The fourth-order valence-corrected chi connectivity index (χ4v) is 4.41. The van der Waals surface area contributed by atoms with Crippen LogP contribution in [0.3, 0.4) is 0 Å². The topological polar surface area (TPSA) is 102 Å². The summed E-state index contributed by atoms with van der Waals surface area (Å²) in [6.45, 7) is 5.26. The van der Waals surface area contributed by atoms with Crippen molar-refractivity contribution in [1.29, 1.82) is 0 Å². The highest BCUT2D eigenvalue weighted by molar-refractivity contribution is 6.00. The fourth-order valence-electron chi connectivity index (χ4n) is 4.41. The highest BCUT2D eigenvalue weighted by Gasteiger charge is 2.23. The number of nitrogens with zero attached hydrogens (tertiary/aromatic N) is 4. The number of likely N-dealkylation sites (N-methyl/N-ethyl adjacent to an activating group) is 1. The fraction of sp³-hybridized carbons (Fsp3) is 0.214. The second kappa shape index (κ2) is 10.8. The quantitative estimate of drug-likeness (QED) is 0.324. The van der Waals surface area contributed by atoms with E-state index in [1.165, 1.54) is 12.1 Å². The maximum Gasteiger partial charge on any atom is 0.247 e. The van der Waals surface area contributed by atoms with Crippen LogP contribution in [-0.2, 0) is 4.79 Å². The molecular weight excluding hydrogens is 487 g/mol. The first kappa shape index (κ1) is 25.1. The number of anilines is 3. The highest BCUT2D eigenvalue weighted by Crippen LogP contribution is 2.39. The van der Waals surface area contributed by atoms with Gasteiger partial charge in [-0.05, 0) is 31.7 Å². The molecule has 2 aromatic heterocycles. The summed E-state index contributed by atoms with van der Waals surface area (Å²) in [4.78, 5) is 27.5. The molecule has 1 amide bonds. The van der Waals surface area contributed by atoms with Crippen molar-refractivity contribution in [3.63, 3.8) is 0 Å². The highest BCUT2D eigenvalue weighted by atomic mass is 19.1. The van der Waals surface area contributed by atoms with Crippen LogP contribution >= 0.6 is 0 Å². The van der Waals surface area contributed by atoms with E-state index in [2.05, 4.69) is 32.1 Å². The molecule has 1 fully saturated rings. The van der Waals surface area contributed by atoms with Gasteiger partial charge in [-0.1, -0.05) is 24.8 Å². The number of amides is 1. The molecule has 0 spiro atoms. The zero-order valence-corrected chi connectivity index (χ0v) is 21.1. The molecule has 0 saturated carbocycles. The number of carbonyl (C=O) groups excluding carboxylic acids is 1. The molecule has 1 atom stereocenters. The number of likely N-dealkylation sites (tertiary alicyclic amines) is 1. The van der Waals surface area contributed by atoms with E-state index in [-0.39, 0.29) is 12.0 Å². The number of rotatable bonds is 8. The van der Waals surface area contributed by atoms with Crippen LogP contribution in [0.2, 0.25) is 0 Å². The van der Waals surface area contributed by atoms with Gasteiger partial charge in [0.2, 0.25) is 11.9 Å². The maximum atomic E-state index is 13.9. The molecule has 9 nitrogen and oxygen atoms in total. The Hall–Kier alpha value is -4.57. The Morgan fingerprint density at radius 2 is 2.05 bits per heavy atom. The van der Waals surface area contributed by atoms with Crippen molar-refractivity contribution >= 4 is 34.1 Å². The second-order valence-corrected chi connectivity index (χ2v) is 8.99. The van der Waals surface area contributed by atoms with E-state index in [1.54, 1.807) is 31.6 Å². The third-order valence-electron chi connectivity index (χ3n) is 6.26. The summed E-state index contributed by atoms with van der Waals surface area (Å²) < 4.78 is 25.7. The van der Waals surface area contributed by atoms with E-state index >= 15 is 0 Å². The smallest absolute Gasteiger partial charge is 0.247 e. The molecule has 5 rings (SSSR count). The van der Waals surface area contributed by atoms with E-state index < -0.39 is 5.82 Å². The molecule has 3 heterocycles. The molecule has 194 valence electrons. The minimum absolute atomic E-state index is 0.0116. The molecule has 2 N–H and O–H groups in total. The summed E-state index contributed by atoms with van der Waals surface area (Å²) in [6, 6.07) is 10.4. The first-order chi connectivity index (χ1) is 18.4. The van der Waals surface area contributed by atoms with Crippen LogP contribution in [0.1, 0.15) is 6.42 Å². The number of carbonyl (C=O) groups is 1. The molecule has 10 heteroatoms. The van der Waals surface area contributed by atoms with E-state index in [9.17, 15) is 9.18 Å². The molecule has 0 aliphatic carbocycles. The summed E-state index contributed by atoms with van der Waals surface area (Å²) >= 11 is 0. The Morgan fingerprint density at radius 1 is 1.18 bits per heavy atom.